The van der Waals surface area contributed by atoms with E-state index in [0.717, 1.165) is 23.9 Å². The average molecular weight is 316 g/mol. The molecule has 1 amide bonds. The zero-order valence-electron chi connectivity index (χ0n) is 9.28. The molecule has 1 atom stereocenters. The van der Waals surface area contributed by atoms with Crippen molar-refractivity contribution >= 4 is 34.5 Å². The van der Waals surface area contributed by atoms with E-state index in [1.807, 2.05) is 12.1 Å². The molecule has 5 heteroatoms. The molecule has 1 saturated heterocycles. The predicted molar refractivity (Wildman–Crippen MR) is 72.7 cm³/mol. The number of rotatable bonds is 2. The average Bonchev–Trinajstić information content (AvgIpc) is 2.30. The standard InChI is InChI=1S/C12H14BrNO2S/c13-8-3-4-10(11(17)6-8)12(15)14-9-2-1-5-16-7-9/h3-4,6,9,17H,1-2,5,7H2,(H,14,15). The number of ether oxygens (including phenoxy) is 1. The van der Waals surface area contributed by atoms with E-state index in [9.17, 15) is 4.79 Å². The molecular formula is C12H14BrNO2S. The summed E-state index contributed by atoms with van der Waals surface area (Å²) in [7, 11) is 0. The molecule has 0 spiro atoms. The van der Waals surface area contributed by atoms with Gasteiger partial charge in [0.1, 0.15) is 0 Å². The molecule has 1 aliphatic rings. The van der Waals surface area contributed by atoms with Crippen LogP contribution in [-0.4, -0.2) is 25.2 Å². The van der Waals surface area contributed by atoms with Crippen molar-refractivity contribution in [3.8, 4) is 0 Å². The van der Waals surface area contributed by atoms with Crippen LogP contribution in [0.2, 0.25) is 0 Å². The van der Waals surface area contributed by atoms with Crippen LogP contribution in [0.5, 0.6) is 0 Å². The Bertz CT molecular complexity index is 419. The molecule has 3 nitrogen and oxygen atoms in total. The molecule has 0 aromatic heterocycles. The molecular weight excluding hydrogens is 302 g/mol. The van der Waals surface area contributed by atoms with Crippen LogP contribution in [0.4, 0.5) is 0 Å². The third kappa shape index (κ3) is 3.47. The first-order chi connectivity index (χ1) is 8.16. The Labute approximate surface area is 114 Å². The summed E-state index contributed by atoms with van der Waals surface area (Å²) in [5.74, 6) is -0.0852. The van der Waals surface area contributed by atoms with Gasteiger partial charge in [0, 0.05) is 16.0 Å². The van der Waals surface area contributed by atoms with E-state index in [1.54, 1.807) is 6.07 Å². The first kappa shape index (κ1) is 12.9. The molecule has 1 aliphatic heterocycles. The number of benzene rings is 1. The Hall–Kier alpha value is -0.520. The maximum atomic E-state index is 12.0. The summed E-state index contributed by atoms with van der Waals surface area (Å²) in [6.45, 7) is 1.40. The summed E-state index contributed by atoms with van der Waals surface area (Å²) in [4.78, 5) is 12.7. The summed E-state index contributed by atoms with van der Waals surface area (Å²) >= 11 is 7.65. The normalized spacial score (nSPS) is 20.0. The Morgan fingerprint density at radius 1 is 1.53 bits per heavy atom. The highest BCUT2D eigenvalue weighted by molar-refractivity contribution is 9.10. The van der Waals surface area contributed by atoms with Crippen molar-refractivity contribution in [3.63, 3.8) is 0 Å². The number of amides is 1. The van der Waals surface area contributed by atoms with Gasteiger partial charge in [0.15, 0.2) is 0 Å². The Kier molecular flexibility index (Phi) is 4.48. The van der Waals surface area contributed by atoms with Crippen molar-refractivity contribution in [1.29, 1.82) is 0 Å². The van der Waals surface area contributed by atoms with Gasteiger partial charge in [-0.1, -0.05) is 15.9 Å². The quantitative estimate of drug-likeness (QED) is 0.823. The fourth-order valence-corrected chi connectivity index (χ4v) is 2.67. The van der Waals surface area contributed by atoms with Gasteiger partial charge in [0.05, 0.1) is 18.2 Å². The third-order valence-electron chi connectivity index (χ3n) is 2.70. The fourth-order valence-electron chi connectivity index (χ4n) is 1.81. The lowest BCUT2D eigenvalue weighted by molar-refractivity contribution is 0.0623. The van der Waals surface area contributed by atoms with E-state index in [4.69, 9.17) is 4.74 Å². The first-order valence-corrected chi connectivity index (χ1v) is 6.78. The number of hydrogen-bond donors (Lipinski definition) is 2. The van der Waals surface area contributed by atoms with Gasteiger partial charge in [-0.2, -0.15) is 0 Å². The lowest BCUT2D eigenvalue weighted by Crippen LogP contribution is -2.40. The van der Waals surface area contributed by atoms with E-state index in [-0.39, 0.29) is 11.9 Å². The maximum absolute atomic E-state index is 12.0. The molecule has 0 saturated carbocycles. The zero-order chi connectivity index (χ0) is 12.3. The molecule has 17 heavy (non-hydrogen) atoms. The second-order valence-corrected chi connectivity index (χ2v) is 5.45. The van der Waals surface area contributed by atoms with Gasteiger partial charge in [0.2, 0.25) is 0 Å². The van der Waals surface area contributed by atoms with Crippen molar-refractivity contribution in [2.45, 2.75) is 23.8 Å². The third-order valence-corrected chi connectivity index (χ3v) is 3.56. The summed E-state index contributed by atoms with van der Waals surface area (Å²) < 4.78 is 6.24. The molecule has 0 bridgehead atoms. The van der Waals surface area contributed by atoms with Crippen LogP contribution in [0.3, 0.4) is 0 Å². The molecule has 1 aromatic carbocycles. The van der Waals surface area contributed by atoms with Crippen LogP contribution >= 0.6 is 28.6 Å². The van der Waals surface area contributed by atoms with Gasteiger partial charge < -0.3 is 10.1 Å². The SMILES string of the molecule is O=C(NC1CCCOC1)c1ccc(Br)cc1S. The first-order valence-electron chi connectivity index (χ1n) is 5.54. The van der Waals surface area contributed by atoms with Crippen LogP contribution < -0.4 is 5.32 Å². The van der Waals surface area contributed by atoms with Crippen LogP contribution in [0.25, 0.3) is 0 Å². The number of halogens is 1. The van der Waals surface area contributed by atoms with Crippen molar-refractivity contribution in [1.82, 2.24) is 5.32 Å². The molecule has 1 N–H and O–H groups in total. The van der Waals surface area contributed by atoms with Crippen molar-refractivity contribution < 1.29 is 9.53 Å². The van der Waals surface area contributed by atoms with Crippen molar-refractivity contribution in [2.75, 3.05) is 13.2 Å². The van der Waals surface area contributed by atoms with Gasteiger partial charge in [-0.15, -0.1) is 12.6 Å². The highest BCUT2D eigenvalue weighted by Crippen LogP contribution is 2.20. The Morgan fingerprint density at radius 2 is 2.35 bits per heavy atom. The largest absolute Gasteiger partial charge is 0.379 e. The van der Waals surface area contributed by atoms with Crippen LogP contribution in [-0.2, 0) is 4.74 Å². The molecule has 1 unspecified atom stereocenters. The molecule has 2 rings (SSSR count). The summed E-state index contributed by atoms with van der Waals surface area (Å²) in [6.07, 6.45) is 1.98. The Morgan fingerprint density at radius 3 is 3.00 bits per heavy atom. The van der Waals surface area contributed by atoms with Crippen molar-refractivity contribution in [3.05, 3.63) is 28.2 Å². The molecule has 1 heterocycles. The van der Waals surface area contributed by atoms with E-state index in [2.05, 4.69) is 33.9 Å². The topological polar surface area (TPSA) is 38.3 Å². The maximum Gasteiger partial charge on any atom is 0.252 e. The zero-order valence-corrected chi connectivity index (χ0v) is 11.8. The highest BCUT2D eigenvalue weighted by atomic mass is 79.9. The molecule has 0 radical (unpaired) electrons. The minimum Gasteiger partial charge on any atom is -0.379 e. The molecule has 92 valence electrons. The van der Waals surface area contributed by atoms with E-state index in [1.165, 1.54) is 0 Å². The number of carbonyl (C=O) groups excluding carboxylic acids is 1. The van der Waals surface area contributed by atoms with Gasteiger partial charge in [-0.3, -0.25) is 4.79 Å². The smallest absolute Gasteiger partial charge is 0.252 e. The predicted octanol–water partition coefficient (Wildman–Crippen LogP) is 2.65. The monoisotopic (exact) mass is 315 g/mol. The van der Waals surface area contributed by atoms with E-state index < -0.39 is 0 Å². The minimum atomic E-state index is -0.0852. The summed E-state index contributed by atoms with van der Waals surface area (Å²) in [5, 5.41) is 2.97. The van der Waals surface area contributed by atoms with Gasteiger partial charge in [-0.05, 0) is 31.0 Å². The Balaban J connectivity index is 2.03. The fraction of sp³-hybridized carbons (Fsp3) is 0.417. The van der Waals surface area contributed by atoms with Crippen LogP contribution in [0.15, 0.2) is 27.6 Å². The number of carbonyl (C=O) groups is 1. The van der Waals surface area contributed by atoms with Crippen LogP contribution in [0.1, 0.15) is 23.2 Å². The van der Waals surface area contributed by atoms with E-state index >= 15 is 0 Å². The second kappa shape index (κ2) is 5.89. The molecule has 1 fully saturated rings. The van der Waals surface area contributed by atoms with Crippen molar-refractivity contribution in [2.24, 2.45) is 0 Å². The lowest BCUT2D eigenvalue weighted by Gasteiger charge is -2.23. The van der Waals surface area contributed by atoms with Crippen LogP contribution in [0, 0.1) is 0 Å². The minimum absolute atomic E-state index is 0.0852. The van der Waals surface area contributed by atoms with Gasteiger partial charge >= 0.3 is 0 Å². The second-order valence-electron chi connectivity index (χ2n) is 4.05. The lowest BCUT2D eigenvalue weighted by atomic mass is 10.1. The van der Waals surface area contributed by atoms with Gasteiger partial charge in [-0.25, -0.2) is 0 Å². The number of nitrogens with one attached hydrogen (secondary N) is 1. The summed E-state index contributed by atoms with van der Waals surface area (Å²) in [6, 6.07) is 5.54. The van der Waals surface area contributed by atoms with E-state index in [0.29, 0.717) is 17.1 Å². The molecule has 1 aromatic rings. The summed E-state index contributed by atoms with van der Waals surface area (Å²) in [5.41, 5.74) is 0.599. The van der Waals surface area contributed by atoms with Gasteiger partial charge in [0.25, 0.3) is 5.91 Å². The number of thiol groups is 1. The number of hydrogen-bond acceptors (Lipinski definition) is 3. The molecule has 0 aliphatic carbocycles. The highest BCUT2D eigenvalue weighted by Gasteiger charge is 2.18.